The molecule has 1 aromatic carbocycles. The zero-order valence-electron chi connectivity index (χ0n) is 18.3. The van der Waals surface area contributed by atoms with Gasteiger partial charge in [-0.05, 0) is 41.8 Å². The number of nitrogens with two attached hydrogens (primary N) is 1. The quantitative estimate of drug-likeness (QED) is 0.610. The lowest BCUT2D eigenvalue weighted by molar-refractivity contribution is 0.0303. The number of benzene rings is 1. The summed E-state index contributed by atoms with van der Waals surface area (Å²) >= 11 is 0. The lowest BCUT2D eigenvalue weighted by Gasteiger charge is -2.26. The Morgan fingerprint density at radius 1 is 1.21 bits per heavy atom. The Morgan fingerprint density at radius 2 is 1.94 bits per heavy atom. The Hall–Kier alpha value is -3.63. The van der Waals surface area contributed by atoms with E-state index in [0.717, 1.165) is 21.4 Å². The van der Waals surface area contributed by atoms with Gasteiger partial charge in [0.15, 0.2) is 0 Å². The number of hydrogen-bond acceptors (Lipinski definition) is 6. The molecule has 0 spiro atoms. The molecule has 1 aliphatic heterocycles. The molecule has 2 N–H and O–H groups in total. The Balaban J connectivity index is 1.54. The third kappa shape index (κ3) is 4.76. The standard InChI is InChI=1S/C23H25FN6O3/c1-16-10-20(18-2-4-19(5-3-18)22(31)28-6-8-33-9-7-28)13-26-21(16)29-15-27-30(23(29)32)14-17(11-24)12-25/h2-5,10-11,13,15H,6-9,12,14,25H2,1H3/b17-11+. The maximum atomic E-state index is 12.8. The highest BCUT2D eigenvalue weighted by Gasteiger charge is 2.18. The number of amides is 1. The van der Waals surface area contributed by atoms with Crippen molar-refractivity contribution < 1.29 is 13.9 Å². The highest BCUT2D eigenvalue weighted by molar-refractivity contribution is 5.94. The van der Waals surface area contributed by atoms with Gasteiger partial charge in [0, 0.05) is 37.0 Å². The minimum atomic E-state index is -0.433. The number of aromatic nitrogens is 4. The van der Waals surface area contributed by atoms with Crippen molar-refractivity contribution in [3.8, 4) is 16.9 Å². The number of nitrogens with zero attached hydrogens (tertiary/aromatic N) is 5. The van der Waals surface area contributed by atoms with Gasteiger partial charge in [-0.2, -0.15) is 5.10 Å². The molecule has 0 unspecified atom stereocenters. The van der Waals surface area contributed by atoms with Gasteiger partial charge in [0.1, 0.15) is 12.1 Å². The van der Waals surface area contributed by atoms with Gasteiger partial charge in [-0.1, -0.05) is 12.1 Å². The largest absolute Gasteiger partial charge is 0.378 e. The lowest BCUT2D eigenvalue weighted by Crippen LogP contribution is -2.40. The first kappa shape index (κ1) is 22.6. The fourth-order valence-electron chi connectivity index (χ4n) is 3.66. The Bertz CT molecular complexity index is 1230. The molecule has 3 aromatic rings. The summed E-state index contributed by atoms with van der Waals surface area (Å²) in [5.41, 5.74) is 8.44. The predicted octanol–water partition coefficient (Wildman–Crippen LogP) is 1.69. The van der Waals surface area contributed by atoms with Gasteiger partial charge >= 0.3 is 5.69 Å². The average molecular weight is 452 g/mol. The maximum Gasteiger partial charge on any atom is 0.351 e. The predicted molar refractivity (Wildman–Crippen MR) is 121 cm³/mol. The molecule has 3 heterocycles. The number of halogens is 1. The number of aryl methyl sites for hydroxylation is 1. The van der Waals surface area contributed by atoms with E-state index in [4.69, 9.17) is 10.5 Å². The summed E-state index contributed by atoms with van der Waals surface area (Å²) in [5.74, 6) is 0.430. The van der Waals surface area contributed by atoms with Gasteiger partial charge < -0.3 is 15.4 Å². The molecule has 9 nitrogen and oxygen atoms in total. The molecule has 1 fully saturated rings. The molecule has 0 aliphatic carbocycles. The molecule has 1 saturated heterocycles. The highest BCUT2D eigenvalue weighted by Crippen LogP contribution is 2.23. The van der Waals surface area contributed by atoms with Crippen LogP contribution in [-0.4, -0.2) is 63.0 Å². The molecule has 172 valence electrons. The summed E-state index contributed by atoms with van der Waals surface area (Å²) in [5, 5.41) is 4.03. The number of ether oxygens (including phenoxy) is 1. The molecule has 0 bridgehead atoms. The SMILES string of the molecule is Cc1cc(-c2ccc(C(=O)N3CCOCC3)cc2)cnc1-n1cnn(C/C(=C/F)CN)c1=O. The summed E-state index contributed by atoms with van der Waals surface area (Å²) in [4.78, 5) is 31.5. The van der Waals surface area contributed by atoms with Crippen molar-refractivity contribution in [1.29, 1.82) is 0 Å². The van der Waals surface area contributed by atoms with Crippen molar-refractivity contribution in [1.82, 2.24) is 24.2 Å². The first-order valence-corrected chi connectivity index (χ1v) is 10.6. The first-order chi connectivity index (χ1) is 16.0. The minimum Gasteiger partial charge on any atom is -0.378 e. The van der Waals surface area contributed by atoms with Crippen molar-refractivity contribution in [3.63, 3.8) is 0 Å². The first-order valence-electron chi connectivity index (χ1n) is 10.6. The smallest absolute Gasteiger partial charge is 0.351 e. The van der Waals surface area contributed by atoms with Crippen LogP contribution in [0.4, 0.5) is 4.39 Å². The number of pyridine rings is 1. The van der Waals surface area contributed by atoms with Crippen molar-refractivity contribution >= 4 is 5.91 Å². The molecule has 1 aliphatic rings. The molecule has 4 rings (SSSR count). The van der Waals surface area contributed by atoms with Crippen LogP contribution in [0.3, 0.4) is 0 Å². The summed E-state index contributed by atoms with van der Waals surface area (Å²) in [7, 11) is 0. The number of rotatable bonds is 6. The molecule has 10 heteroatoms. The van der Waals surface area contributed by atoms with Gasteiger partial charge in [-0.25, -0.2) is 23.4 Å². The number of carbonyl (C=O) groups excluding carboxylic acids is 1. The van der Waals surface area contributed by atoms with Crippen molar-refractivity contribution in [2.24, 2.45) is 5.73 Å². The van der Waals surface area contributed by atoms with Gasteiger partial charge in [-0.3, -0.25) is 4.79 Å². The van der Waals surface area contributed by atoms with E-state index in [9.17, 15) is 14.0 Å². The van der Waals surface area contributed by atoms with Crippen molar-refractivity contribution in [2.75, 3.05) is 32.8 Å². The van der Waals surface area contributed by atoms with E-state index < -0.39 is 5.69 Å². The van der Waals surface area contributed by atoms with E-state index in [-0.39, 0.29) is 24.6 Å². The highest BCUT2D eigenvalue weighted by atomic mass is 19.1. The Kier molecular flexibility index (Phi) is 6.76. The van der Waals surface area contributed by atoms with Crippen LogP contribution in [0.25, 0.3) is 16.9 Å². The molecule has 0 saturated carbocycles. The normalized spacial score (nSPS) is 14.5. The van der Waals surface area contributed by atoms with E-state index in [2.05, 4.69) is 10.1 Å². The summed E-state index contributed by atoms with van der Waals surface area (Å²) in [6, 6.07) is 9.28. The molecule has 2 aromatic heterocycles. The topological polar surface area (TPSA) is 108 Å². The number of carbonyl (C=O) groups is 1. The maximum absolute atomic E-state index is 12.8. The van der Waals surface area contributed by atoms with Crippen molar-refractivity contribution in [2.45, 2.75) is 13.5 Å². The monoisotopic (exact) mass is 452 g/mol. The van der Waals surface area contributed by atoms with Crippen LogP contribution in [0.1, 0.15) is 15.9 Å². The number of morpholine rings is 1. The van der Waals surface area contributed by atoms with E-state index in [1.165, 1.54) is 10.9 Å². The summed E-state index contributed by atoms with van der Waals surface area (Å²) in [6.45, 7) is 4.13. The third-order valence-corrected chi connectivity index (χ3v) is 5.55. The van der Waals surface area contributed by atoms with Gasteiger partial charge in [0.05, 0.1) is 26.1 Å². The van der Waals surface area contributed by atoms with E-state index in [1.807, 2.05) is 25.1 Å². The van der Waals surface area contributed by atoms with Crippen molar-refractivity contribution in [3.05, 3.63) is 76.4 Å². The zero-order valence-corrected chi connectivity index (χ0v) is 18.3. The minimum absolute atomic E-state index is 0.00138. The van der Waals surface area contributed by atoms with Gasteiger partial charge in [-0.15, -0.1) is 0 Å². The van der Waals surface area contributed by atoms with E-state index in [1.54, 1.807) is 23.2 Å². The lowest BCUT2D eigenvalue weighted by atomic mass is 10.0. The second-order valence-electron chi connectivity index (χ2n) is 7.76. The second kappa shape index (κ2) is 9.88. The fourth-order valence-corrected chi connectivity index (χ4v) is 3.66. The molecular formula is C23H25FN6O3. The molecule has 0 atom stereocenters. The van der Waals surface area contributed by atoms with Gasteiger partial charge in [0.25, 0.3) is 5.91 Å². The Morgan fingerprint density at radius 3 is 2.58 bits per heavy atom. The average Bonchev–Trinajstić information content (AvgIpc) is 3.22. The van der Waals surface area contributed by atoms with Crippen LogP contribution in [0.15, 0.2) is 59.6 Å². The molecule has 0 radical (unpaired) electrons. The van der Waals surface area contributed by atoms with Crippen LogP contribution in [0, 0.1) is 6.92 Å². The molecule has 1 amide bonds. The van der Waals surface area contributed by atoms with Crippen LogP contribution in [0.5, 0.6) is 0 Å². The molecular weight excluding hydrogens is 427 g/mol. The zero-order chi connectivity index (χ0) is 23.4. The van der Waals surface area contributed by atoms with Crippen LogP contribution >= 0.6 is 0 Å². The Labute approximate surface area is 189 Å². The summed E-state index contributed by atoms with van der Waals surface area (Å²) in [6.07, 6.45) is 3.41. The fraction of sp³-hybridized carbons (Fsp3) is 0.304. The third-order valence-electron chi connectivity index (χ3n) is 5.55. The van der Waals surface area contributed by atoms with Crippen LogP contribution in [0.2, 0.25) is 0 Å². The summed E-state index contributed by atoms with van der Waals surface area (Å²) < 4.78 is 20.6. The number of hydrogen-bond donors (Lipinski definition) is 1. The van der Waals surface area contributed by atoms with Crippen LogP contribution < -0.4 is 11.4 Å². The van der Waals surface area contributed by atoms with E-state index >= 15 is 0 Å². The van der Waals surface area contributed by atoms with Crippen LogP contribution in [-0.2, 0) is 11.3 Å². The van der Waals surface area contributed by atoms with E-state index in [0.29, 0.717) is 44.0 Å². The molecule has 33 heavy (non-hydrogen) atoms. The second-order valence-corrected chi connectivity index (χ2v) is 7.76. The van der Waals surface area contributed by atoms with Gasteiger partial charge in [0.2, 0.25) is 0 Å².